The molecule has 0 aromatic heterocycles. The molecule has 0 aliphatic carbocycles. The molecular weight excluding hydrogens is 408 g/mol. The van der Waals surface area contributed by atoms with Crippen LogP contribution in [-0.4, -0.2) is 50.6 Å². The Kier molecular flexibility index (Phi) is 14.8. The molecule has 0 spiro atoms. The van der Waals surface area contributed by atoms with Gasteiger partial charge in [0, 0.05) is 12.5 Å². The summed E-state index contributed by atoms with van der Waals surface area (Å²) in [5.74, 6) is -0.381. The summed E-state index contributed by atoms with van der Waals surface area (Å²) in [7, 11) is 0. The highest BCUT2D eigenvalue weighted by molar-refractivity contribution is 5.82. The van der Waals surface area contributed by atoms with Crippen molar-refractivity contribution in [1.82, 2.24) is 0 Å². The van der Waals surface area contributed by atoms with Crippen LogP contribution in [0, 0.1) is 0 Å². The fourth-order valence-corrected chi connectivity index (χ4v) is 3.42. The predicted molar refractivity (Wildman–Crippen MR) is 124 cm³/mol. The van der Waals surface area contributed by atoms with Crippen molar-refractivity contribution in [3.05, 3.63) is 24.3 Å². The first-order valence-corrected chi connectivity index (χ1v) is 12.6. The van der Waals surface area contributed by atoms with E-state index in [0.717, 1.165) is 25.9 Å². The molecular formula is C26H42O6. The number of rotatable bonds is 21. The maximum atomic E-state index is 11.5. The molecule has 2 saturated heterocycles. The minimum absolute atomic E-state index is 0.0782. The molecule has 32 heavy (non-hydrogen) atoms. The SMILES string of the molecule is O=C(/C=C/C=C/CCCCCCCCCCCCCCC(=O)OCC1CO1)OCC1CO1. The molecule has 2 fully saturated rings. The first kappa shape index (κ1) is 26.6. The van der Waals surface area contributed by atoms with Gasteiger partial charge in [0.1, 0.15) is 25.4 Å². The second-order valence-electron chi connectivity index (χ2n) is 8.79. The van der Waals surface area contributed by atoms with Crippen LogP contribution in [-0.2, 0) is 28.5 Å². The molecule has 0 N–H and O–H groups in total. The highest BCUT2D eigenvalue weighted by Gasteiger charge is 2.24. The van der Waals surface area contributed by atoms with Gasteiger partial charge in [-0.3, -0.25) is 4.79 Å². The molecule has 0 aromatic carbocycles. The van der Waals surface area contributed by atoms with E-state index in [-0.39, 0.29) is 24.1 Å². The van der Waals surface area contributed by atoms with Crippen LogP contribution in [0.3, 0.4) is 0 Å². The Labute approximate surface area is 193 Å². The number of epoxide rings is 2. The van der Waals surface area contributed by atoms with Gasteiger partial charge in [0.15, 0.2) is 0 Å². The summed E-state index contributed by atoms with van der Waals surface area (Å²) in [5, 5.41) is 0. The van der Waals surface area contributed by atoms with Gasteiger partial charge in [-0.1, -0.05) is 82.4 Å². The standard InChI is InChI=1S/C26H42O6/c27-25(31-21-23-19-29-23)17-15-13-11-9-7-5-3-1-2-4-6-8-10-12-14-16-18-26(28)32-22-24-20-30-24/h11,13,15,17,23-24H,1-10,12,14,16,18-22H2/b13-11+,17-15+. The summed E-state index contributed by atoms with van der Waals surface area (Å²) in [6.45, 7) is 2.24. The van der Waals surface area contributed by atoms with Crippen LogP contribution in [0.5, 0.6) is 0 Å². The summed E-state index contributed by atoms with van der Waals surface area (Å²) in [6, 6.07) is 0. The Morgan fingerprint density at radius 2 is 1.19 bits per heavy atom. The van der Waals surface area contributed by atoms with Gasteiger partial charge in [-0.2, -0.15) is 0 Å². The first-order valence-electron chi connectivity index (χ1n) is 12.6. The Morgan fingerprint density at radius 3 is 1.75 bits per heavy atom. The molecule has 6 nitrogen and oxygen atoms in total. The third kappa shape index (κ3) is 17.0. The van der Waals surface area contributed by atoms with E-state index in [9.17, 15) is 9.59 Å². The number of hydrogen-bond donors (Lipinski definition) is 0. The lowest BCUT2D eigenvalue weighted by atomic mass is 10.0. The lowest BCUT2D eigenvalue weighted by Crippen LogP contribution is -2.09. The lowest BCUT2D eigenvalue weighted by Gasteiger charge is -2.04. The average Bonchev–Trinajstić information content (AvgIpc) is 3.70. The molecule has 0 aromatic rings. The van der Waals surface area contributed by atoms with Crippen molar-refractivity contribution >= 4 is 11.9 Å². The van der Waals surface area contributed by atoms with Crippen molar-refractivity contribution in [2.75, 3.05) is 26.4 Å². The summed E-state index contributed by atoms with van der Waals surface area (Å²) >= 11 is 0. The summed E-state index contributed by atoms with van der Waals surface area (Å²) < 4.78 is 20.1. The largest absolute Gasteiger partial charge is 0.463 e. The molecule has 2 heterocycles. The maximum absolute atomic E-state index is 11.5. The second-order valence-corrected chi connectivity index (χ2v) is 8.79. The van der Waals surface area contributed by atoms with E-state index in [2.05, 4.69) is 6.08 Å². The Bertz CT molecular complexity index is 563. The van der Waals surface area contributed by atoms with Gasteiger partial charge < -0.3 is 18.9 Å². The van der Waals surface area contributed by atoms with Gasteiger partial charge in [-0.25, -0.2) is 4.79 Å². The van der Waals surface area contributed by atoms with Crippen molar-refractivity contribution in [2.45, 2.75) is 102 Å². The van der Waals surface area contributed by atoms with E-state index in [4.69, 9.17) is 18.9 Å². The third-order valence-corrected chi connectivity index (χ3v) is 5.63. The summed E-state index contributed by atoms with van der Waals surface area (Å²) in [6.07, 6.45) is 24.1. The van der Waals surface area contributed by atoms with Crippen LogP contribution in [0.15, 0.2) is 24.3 Å². The zero-order valence-electron chi connectivity index (χ0n) is 19.6. The van der Waals surface area contributed by atoms with Crippen LogP contribution >= 0.6 is 0 Å². The lowest BCUT2D eigenvalue weighted by molar-refractivity contribution is -0.144. The van der Waals surface area contributed by atoms with Crippen molar-refractivity contribution in [1.29, 1.82) is 0 Å². The van der Waals surface area contributed by atoms with Crippen molar-refractivity contribution < 1.29 is 28.5 Å². The maximum Gasteiger partial charge on any atom is 0.330 e. The molecule has 0 bridgehead atoms. The molecule has 6 heteroatoms. The molecule has 0 radical (unpaired) electrons. The van der Waals surface area contributed by atoms with E-state index >= 15 is 0 Å². The van der Waals surface area contributed by atoms with Gasteiger partial charge in [-0.15, -0.1) is 0 Å². The van der Waals surface area contributed by atoms with E-state index in [1.807, 2.05) is 6.08 Å². The van der Waals surface area contributed by atoms with Gasteiger partial charge in [0.25, 0.3) is 0 Å². The molecule has 2 aliphatic rings. The smallest absolute Gasteiger partial charge is 0.330 e. The molecule has 0 amide bonds. The molecule has 2 aliphatic heterocycles. The van der Waals surface area contributed by atoms with Crippen LogP contribution in [0.25, 0.3) is 0 Å². The van der Waals surface area contributed by atoms with E-state index in [1.165, 1.54) is 70.3 Å². The summed E-state index contributed by atoms with van der Waals surface area (Å²) in [5.41, 5.74) is 0. The molecule has 2 unspecified atom stereocenters. The van der Waals surface area contributed by atoms with Crippen LogP contribution in [0.2, 0.25) is 0 Å². The van der Waals surface area contributed by atoms with Crippen LogP contribution < -0.4 is 0 Å². The number of carbonyl (C=O) groups is 2. The number of unbranched alkanes of at least 4 members (excludes halogenated alkanes) is 12. The Balaban J connectivity index is 1.22. The van der Waals surface area contributed by atoms with Gasteiger partial charge in [0.2, 0.25) is 0 Å². The topological polar surface area (TPSA) is 77.7 Å². The zero-order valence-corrected chi connectivity index (χ0v) is 19.6. The van der Waals surface area contributed by atoms with Crippen molar-refractivity contribution in [2.24, 2.45) is 0 Å². The minimum Gasteiger partial charge on any atom is -0.463 e. The van der Waals surface area contributed by atoms with Crippen molar-refractivity contribution in [3.63, 3.8) is 0 Å². The normalized spacial score (nSPS) is 19.5. The molecule has 2 atom stereocenters. The molecule has 2 rings (SSSR count). The van der Waals surface area contributed by atoms with Gasteiger partial charge in [-0.05, 0) is 19.3 Å². The second kappa shape index (κ2) is 17.8. The fraction of sp³-hybridized carbons (Fsp3) is 0.769. The third-order valence-electron chi connectivity index (χ3n) is 5.63. The monoisotopic (exact) mass is 450 g/mol. The summed E-state index contributed by atoms with van der Waals surface area (Å²) in [4.78, 5) is 22.9. The van der Waals surface area contributed by atoms with Gasteiger partial charge in [0.05, 0.1) is 13.2 Å². The highest BCUT2D eigenvalue weighted by atomic mass is 16.6. The number of esters is 2. The Morgan fingerprint density at radius 1 is 0.688 bits per heavy atom. The predicted octanol–water partition coefficient (Wildman–Crippen LogP) is 5.44. The number of ether oxygens (including phenoxy) is 4. The minimum atomic E-state index is -0.303. The first-order chi connectivity index (χ1) is 15.7. The Hall–Kier alpha value is -1.66. The fourth-order valence-electron chi connectivity index (χ4n) is 3.42. The van der Waals surface area contributed by atoms with Gasteiger partial charge >= 0.3 is 11.9 Å². The number of carbonyl (C=O) groups excluding carboxylic acids is 2. The highest BCUT2D eigenvalue weighted by Crippen LogP contribution is 2.14. The number of allylic oxidation sites excluding steroid dienone is 3. The van der Waals surface area contributed by atoms with E-state index in [0.29, 0.717) is 26.2 Å². The van der Waals surface area contributed by atoms with E-state index < -0.39 is 0 Å². The van der Waals surface area contributed by atoms with Crippen LogP contribution in [0.1, 0.15) is 89.9 Å². The van der Waals surface area contributed by atoms with Crippen LogP contribution in [0.4, 0.5) is 0 Å². The van der Waals surface area contributed by atoms with E-state index in [1.54, 1.807) is 6.08 Å². The molecule has 182 valence electrons. The average molecular weight is 451 g/mol. The molecule has 0 saturated carbocycles. The number of hydrogen-bond acceptors (Lipinski definition) is 6. The van der Waals surface area contributed by atoms with Crippen molar-refractivity contribution in [3.8, 4) is 0 Å². The zero-order chi connectivity index (χ0) is 22.7. The quantitative estimate of drug-likeness (QED) is 0.0761.